The van der Waals surface area contributed by atoms with Gasteiger partial charge in [-0.1, -0.05) is 30.4 Å². The zero-order valence-electron chi connectivity index (χ0n) is 19.2. The number of aryl methyl sites for hydroxylation is 3. The van der Waals surface area contributed by atoms with Crippen LogP contribution in [-0.4, -0.2) is 39.4 Å². The van der Waals surface area contributed by atoms with E-state index in [9.17, 15) is 4.79 Å². The van der Waals surface area contributed by atoms with Gasteiger partial charge in [0.25, 0.3) is 5.91 Å². The van der Waals surface area contributed by atoms with Crippen molar-refractivity contribution in [1.82, 2.24) is 19.9 Å². The third-order valence-electron chi connectivity index (χ3n) is 6.24. The first-order valence-corrected chi connectivity index (χ1v) is 11.7. The number of thiazole rings is 1. The molecular formula is C26H26N4O2S. The normalized spacial score (nSPS) is 16.1. The standard InChI is InChI=1S/C26H26N4O2S/c1-14-10-22(25-28-20-9-8-19(32-5)12-21(20)29-25)30(13-14)26(31)23-24(33-17(4)27-23)18-7-6-15(2)16(3)11-18/h6-9,11-12,22H,1,10,13H2,2-5H3,(H,28,29). The molecule has 4 aromatic rings. The molecule has 1 aliphatic rings. The fourth-order valence-corrected chi connectivity index (χ4v) is 5.24. The first-order chi connectivity index (χ1) is 15.8. The van der Waals surface area contributed by atoms with Crippen molar-refractivity contribution < 1.29 is 9.53 Å². The quantitative estimate of drug-likeness (QED) is 0.395. The van der Waals surface area contributed by atoms with Crippen molar-refractivity contribution in [3.63, 3.8) is 0 Å². The summed E-state index contributed by atoms with van der Waals surface area (Å²) >= 11 is 1.56. The molecule has 33 heavy (non-hydrogen) atoms. The lowest BCUT2D eigenvalue weighted by molar-refractivity contribution is 0.0728. The Morgan fingerprint density at radius 1 is 1.15 bits per heavy atom. The van der Waals surface area contributed by atoms with Gasteiger partial charge in [-0.05, 0) is 56.0 Å². The number of benzene rings is 2. The van der Waals surface area contributed by atoms with Crippen molar-refractivity contribution >= 4 is 28.3 Å². The Labute approximate surface area is 197 Å². The number of aromatic nitrogens is 3. The van der Waals surface area contributed by atoms with Gasteiger partial charge in [0.05, 0.1) is 34.1 Å². The Morgan fingerprint density at radius 2 is 1.97 bits per heavy atom. The molecule has 1 atom stereocenters. The number of amides is 1. The van der Waals surface area contributed by atoms with E-state index in [1.54, 1.807) is 18.4 Å². The molecule has 5 rings (SSSR count). The number of nitrogens with one attached hydrogen (secondary N) is 1. The molecule has 1 unspecified atom stereocenters. The van der Waals surface area contributed by atoms with Crippen molar-refractivity contribution in [3.05, 3.63) is 76.2 Å². The molecular weight excluding hydrogens is 432 g/mol. The summed E-state index contributed by atoms with van der Waals surface area (Å²) < 4.78 is 5.33. The molecule has 0 spiro atoms. The third-order valence-corrected chi connectivity index (χ3v) is 7.26. The van der Waals surface area contributed by atoms with Crippen LogP contribution in [-0.2, 0) is 0 Å². The lowest BCUT2D eigenvalue weighted by Gasteiger charge is -2.22. The highest BCUT2D eigenvalue weighted by molar-refractivity contribution is 7.15. The number of carbonyl (C=O) groups excluding carboxylic acids is 1. The van der Waals surface area contributed by atoms with Crippen LogP contribution >= 0.6 is 11.3 Å². The van der Waals surface area contributed by atoms with E-state index < -0.39 is 0 Å². The highest BCUT2D eigenvalue weighted by atomic mass is 32.1. The molecule has 1 N–H and O–H groups in total. The highest BCUT2D eigenvalue weighted by Crippen LogP contribution is 2.38. The van der Waals surface area contributed by atoms with Crippen LogP contribution in [0.1, 0.15) is 44.9 Å². The molecule has 0 radical (unpaired) electrons. The number of likely N-dealkylation sites (tertiary alicyclic amines) is 1. The average molecular weight is 459 g/mol. The maximum absolute atomic E-state index is 13.8. The number of imidazole rings is 1. The van der Waals surface area contributed by atoms with E-state index in [4.69, 9.17) is 9.72 Å². The molecule has 0 saturated carbocycles. The maximum atomic E-state index is 13.8. The third kappa shape index (κ3) is 3.82. The summed E-state index contributed by atoms with van der Waals surface area (Å²) in [7, 11) is 1.64. The van der Waals surface area contributed by atoms with E-state index in [-0.39, 0.29) is 11.9 Å². The van der Waals surface area contributed by atoms with Crippen LogP contribution in [0.25, 0.3) is 21.5 Å². The van der Waals surface area contributed by atoms with Crippen LogP contribution < -0.4 is 4.74 Å². The summed E-state index contributed by atoms with van der Waals surface area (Å²) in [6, 6.07) is 11.8. The number of nitrogens with zero attached hydrogens (tertiary/aromatic N) is 3. The second-order valence-electron chi connectivity index (χ2n) is 8.62. The topological polar surface area (TPSA) is 71.1 Å². The summed E-state index contributed by atoms with van der Waals surface area (Å²) in [6.45, 7) is 10.8. The zero-order valence-corrected chi connectivity index (χ0v) is 20.0. The molecule has 1 saturated heterocycles. The fourth-order valence-electron chi connectivity index (χ4n) is 4.34. The van der Waals surface area contributed by atoms with Gasteiger partial charge in [0.1, 0.15) is 17.3 Å². The van der Waals surface area contributed by atoms with Crippen molar-refractivity contribution in [2.75, 3.05) is 13.7 Å². The van der Waals surface area contributed by atoms with Gasteiger partial charge in [-0.15, -0.1) is 11.3 Å². The molecule has 2 aromatic carbocycles. The molecule has 6 nitrogen and oxygen atoms in total. The number of aromatic amines is 1. The highest BCUT2D eigenvalue weighted by Gasteiger charge is 2.36. The minimum absolute atomic E-state index is 0.0886. The molecule has 2 aromatic heterocycles. The Balaban J connectivity index is 1.53. The molecule has 168 valence electrons. The lowest BCUT2D eigenvalue weighted by atomic mass is 10.0. The maximum Gasteiger partial charge on any atom is 0.274 e. The molecule has 1 fully saturated rings. The molecule has 1 aliphatic heterocycles. The van der Waals surface area contributed by atoms with Crippen LogP contribution in [0.5, 0.6) is 5.75 Å². The second-order valence-corrected chi connectivity index (χ2v) is 9.82. The molecule has 7 heteroatoms. The van der Waals surface area contributed by atoms with Gasteiger partial charge in [-0.2, -0.15) is 0 Å². The van der Waals surface area contributed by atoms with E-state index in [1.807, 2.05) is 30.0 Å². The number of hydrogen-bond acceptors (Lipinski definition) is 5. The monoisotopic (exact) mass is 458 g/mol. The Bertz CT molecular complexity index is 1400. The molecule has 0 aliphatic carbocycles. The molecule has 3 heterocycles. The van der Waals surface area contributed by atoms with Gasteiger partial charge in [-0.25, -0.2) is 9.97 Å². The predicted octanol–water partition coefficient (Wildman–Crippen LogP) is 5.76. The number of ether oxygens (including phenoxy) is 1. The van der Waals surface area contributed by atoms with Crippen molar-refractivity contribution in [2.24, 2.45) is 0 Å². The Hall–Kier alpha value is -3.45. The van der Waals surface area contributed by atoms with Gasteiger partial charge >= 0.3 is 0 Å². The summed E-state index contributed by atoms with van der Waals surface area (Å²) in [6.07, 6.45) is 0.671. The minimum atomic E-state index is -0.210. The summed E-state index contributed by atoms with van der Waals surface area (Å²) in [5, 5.41) is 0.872. The summed E-state index contributed by atoms with van der Waals surface area (Å²) in [4.78, 5) is 29.4. The van der Waals surface area contributed by atoms with E-state index in [1.165, 1.54) is 11.1 Å². The van der Waals surface area contributed by atoms with Crippen molar-refractivity contribution in [2.45, 2.75) is 33.2 Å². The number of carbonyl (C=O) groups is 1. The first kappa shape index (κ1) is 21.4. The van der Waals surface area contributed by atoms with Gasteiger partial charge in [-0.3, -0.25) is 4.79 Å². The van der Waals surface area contributed by atoms with Crippen molar-refractivity contribution in [3.8, 4) is 16.2 Å². The van der Waals surface area contributed by atoms with Crippen LogP contribution in [0.15, 0.2) is 48.6 Å². The van der Waals surface area contributed by atoms with Gasteiger partial charge in [0, 0.05) is 12.6 Å². The SMILES string of the molecule is C=C1CC(c2nc3ccc(OC)cc3[nH]2)N(C(=O)c2nc(C)sc2-c2ccc(C)c(C)c2)C1. The molecule has 1 amide bonds. The number of rotatable bonds is 4. The Morgan fingerprint density at radius 3 is 2.73 bits per heavy atom. The van der Waals surface area contributed by atoms with Crippen LogP contribution in [0.3, 0.4) is 0 Å². The predicted molar refractivity (Wildman–Crippen MR) is 132 cm³/mol. The van der Waals surface area contributed by atoms with E-state index >= 15 is 0 Å². The number of hydrogen-bond donors (Lipinski definition) is 1. The fraction of sp³-hybridized carbons (Fsp3) is 0.269. The smallest absolute Gasteiger partial charge is 0.274 e. The first-order valence-electron chi connectivity index (χ1n) is 10.9. The van der Waals surface area contributed by atoms with E-state index in [0.717, 1.165) is 43.6 Å². The van der Waals surface area contributed by atoms with Crippen LogP contribution in [0, 0.1) is 20.8 Å². The van der Waals surface area contributed by atoms with Crippen molar-refractivity contribution in [1.29, 1.82) is 0 Å². The summed E-state index contributed by atoms with van der Waals surface area (Å²) in [5.41, 5.74) is 6.68. The Kier molecular flexibility index (Phi) is 5.29. The van der Waals surface area contributed by atoms with E-state index in [0.29, 0.717) is 18.7 Å². The van der Waals surface area contributed by atoms with Gasteiger partial charge in [0.15, 0.2) is 0 Å². The summed E-state index contributed by atoms with van der Waals surface area (Å²) in [5.74, 6) is 1.43. The minimum Gasteiger partial charge on any atom is -0.497 e. The number of H-pyrrole nitrogens is 1. The van der Waals surface area contributed by atoms with Gasteiger partial charge < -0.3 is 14.6 Å². The average Bonchev–Trinajstić information content (AvgIpc) is 3.50. The number of methoxy groups -OCH3 is 1. The zero-order chi connectivity index (χ0) is 23.3. The second kappa shape index (κ2) is 8.15. The van der Waals surface area contributed by atoms with Crippen LogP contribution in [0.4, 0.5) is 0 Å². The lowest BCUT2D eigenvalue weighted by Crippen LogP contribution is -2.31. The van der Waals surface area contributed by atoms with Gasteiger partial charge in [0.2, 0.25) is 0 Å². The number of fused-ring (bicyclic) bond motifs is 1. The van der Waals surface area contributed by atoms with Crippen LogP contribution in [0.2, 0.25) is 0 Å². The largest absolute Gasteiger partial charge is 0.497 e. The molecule has 0 bridgehead atoms. The van der Waals surface area contributed by atoms with E-state index in [2.05, 4.69) is 48.6 Å².